The normalized spacial score (nSPS) is 17.3. The lowest BCUT2D eigenvalue weighted by Crippen LogP contribution is -2.45. The maximum atomic E-state index is 12.5. The minimum atomic E-state index is -0.524. The Balaban J connectivity index is 2.21. The van der Waals surface area contributed by atoms with Crippen LogP contribution in [0, 0.1) is 0 Å². The average molecular weight is 332 g/mol. The van der Waals surface area contributed by atoms with Crippen LogP contribution in [0.2, 0.25) is 0 Å². The predicted octanol–water partition coefficient (Wildman–Crippen LogP) is 2.46. The molecule has 6 nitrogen and oxygen atoms in total. The number of aryl methyl sites for hydroxylation is 1. The van der Waals surface area contributed by atoms with E-state index in [4.69, 9.17) is 9.47 Å². The van der Waals surface area contributed by atoms with E-state index in [9.17, 15) is 9.59 Å². The van der Waals surface area contributed by atoms with E-state index in [1.807, 2.05) is 31.2 Å². The lowest BCUT2D eigenvalue weighted by Gasteiger charge is -2.28. The van der Waals surface area contributed by atoms with Crippen molar-refractivity contribution < 1.29 is 19.1 Å². The van der Waals surface area contributed by atoms with E-state index < -0.39 is 12.0 Å². The van der Waals surface area contributed by atoms with Crippen LogP contribution in [-0.4, -0.2) is 31.8 Å². The first-order valence-electron chi connectivity index (χ1n) is 8.18. The molecule has 0 unspecified atom stereocenters. The molecule has 1 heterocycles. The van der Waals surface area contributed by atoms with Crippen molar-refractivity contribution in [3.05, 3.63) is 46.7 Å². The van der Waals surface area contributed by atoms with E-state index in [1.165, 1.54) is 5.56 Å². The van der Waals surface area contributed by atoms with Crippen molar-refractivity contribution >= 4 is 12.0 Å². The van der Waals surface area contributed by atoms with Gasteiger partial charge < -0.3 is 20.1 Å². The van der Waals surface area contributed by atoms with Gasteiger partial charge in [0.15, 0.2) is 0 Å². The molecule has 0 spiro atoms. The zero-order valence-electron chi connectivity index (χ0n) is 14.3. The maximum Gasteiger partial charge on any atom is 0.338 e. The molecule has 1 aromatic rings. The fourth-order valence-electron chi connectivity index (χ4n) is 2.58. The molecular formula is C18H24N2O4. The Morgan fingerprint density at radius 2 is 1.88 bits per heavy atom. The number of nitrogens with one attached hydrogen (secondary N) is 2. The van der Waals surface area contributed by atoms with Crippen molar-refractivity contribution in [1.82, 2.24) is 10.6 Å². The Bertz CT molecular complexity index is 622. The second kappa shape index (κ2) is 8.49. The Hall–Kier alpha value is -2.34. The molecule has 0 fully saturated rings. The topological polar surface area (TPSA) is 76.7 Å². The Kier molecular flexibility index (Phi) is 6.37. The minimum Gasteiger partial charge on any atom is -0.460 e. The Morgan fingerprint density at radius 3 is 2.50 bits per heavy atom. The van der Waals surface area contributed by atoms with Crippen LogP contribution in [0.4, 0.5) is 4.79 Å². The number of hydrogen-bond acceptors (Lipinski definition) is 4. The van der Waals surface area contributed by atoms with Crippen LogP contribution in [-0.2, 0) is 20.7 Å². The van der Waals surface area contributed by atoms with Gasteiger partial charge in [0.2, 0.25) is 0 Å². The quantitative estimate of drug-likeness (QED) is 0.594. The van der Waals surface area contributed by atoms with E-state index in [0.717, 1.165) is 12.0 Å². The van der Waals surface area contributed by atoms with Crippen LogP contribution in [0.15, 0.2) is 35.5 Å². The second-order valence-corrected chi connectivity index (χ2v) is 5.50. The lowest BCUT2D eigenvalue weighted by atomic mass is 9.94. The highest BCUT2D eigenvalue weighted by molar-refractivity contribution is 5.95. The highest BCUT2D eigenvalue weighted by Crippen LogP contribution is 2.27. The number of carbonyl (C=O) groups excluding carboxylic acids is 2. The van der Waals surface area contributed by atoms with Crippen LogP contribution in [0.25, 0.3) is 0 Å². The number of carbonyl (C=O) groups is 2. The molecule has 1 aliphatic rings. The molecule has 0 saturated heterocycles. The fraction of sp³-hybridized carbons (Fsp3) is 0.444. The van der Waals surface area contributed by atoms with Crippen molar-refractivity contribution in [2.45, 2.75) is 33.2 Å². The van der Waals surface area contributed by atoms with Gasteiger partial charge in [-0.15, -0.1) is 0 Å². The van der Waals surface area contributed by atoms with Gasteiger partial charge >= 0.3 is 12.0 Å². The molecule has 0 radical (unpaired) electrons. The number of esters is 1. The fourth-order valence-corrected chi connectivity index (χ4v) is 2.58. The summed E-state index contributed by atoms with van der Waals surface area (Å²) in [5.41, 5.74) is 2.96. The third kappa shape index (κ3) is 4.35. The molecular weight excluding hydrogens is 308 g/mol. The molecule has 24 heavy (non-hydrogen) atoms. The van der Waals surface area contributed by atoms with Crippen LogP contribution in [0.3, 0.4) is 0 Å². The van der Waals surface area contributed by atoms with Gasteiger partial charge in [0.25, 0.3) is 0 Å². The molecule has 0 aliphatic carbocycles. The van der Waals surface area contributed by atoms with Crippen molar-refractivity contribution in [2.24, 2.45) is 0 Å². The number of urea groups is 1. The highest BCUT2D eigenvalue weighted by atomic mass is 16.6. The third-order valence-electron chi connectivity index (χ3n) is 3.88. The van der Waals surface area contributed by atoms with Crippen molar-refractivity contribution in [1.29, 1.82) is 0 Å². The standard InChI is InChI=1S/C18H24N2O4/c1-4-13-6-8-14(9-7-13)16-15(12(3)19-18(22)20-16)17(21)24-11-10-23-5-2/h6-9,16H,4-5,10-11H2,1-3H3,(H2,19,20,22)/t16-/m0/s1. The predicted molar refractivity (Wildman–Crippen MR) is 90.4 cm³/mol. The SMILES string of the molecule is CCOCCOC(=O)C1=C(C)NC(=O)N[C@H]1c1ccc(CC)cc1. The largest absolute Gasteiger partial charge is 0.460 e. The van der Waals surface area contributed by atoms with Gasteiger partial charge in [-0.25, -0.2) is 9.59 Å². The smallest absolute Gasteiger partial charge is 0.338 e. The summed E-state index contributed by atoms with van der Waals surface area (Å²) in [5, 5.41) is 5.42. The minimum absolute atomic E-state index is 0.179. The molecule has 1 aliphatic heterocycles. The Labute approximate surface area is 142 Å². The molecule has 2 amide bonds. The monoisotopic (exact) mass is 332 g/mol. The molecule has 2 rings (SSSR count). The van der Waals surface area contributed by atoms with Gasteiger partial charge in [0.05, 0.1) is 18.2 Å². The van der Waals surface area contributed by atoms with Crippen molar-refractivity contribution in [3.8, 4) is 0 Å². The molecule has 0 bridgehead atoms. The summed E-state index contributed by atoms with van der Waals surface area (Å²) >= 11 is 0. The number of rotatable bonds is 7. The van der Waals surface area contributed by atoms with Crippen molar-refractivity contribution in [3.63, 3.8) is 0 Å². The number of allylic oxidation sites excluding steroid dienone is 1. The summed E-state index contributed by atoms with van der Waals surface area (Å²) in [4.78, 5) is 24.3. The molecule has 130 valence electrons. The van der Waals surface area contributed by atoms with Gasteiger partial charge in [-0.2, -0.15) is 0 Å². The van der Waals surface area contributed by atoms with Crippen LogP contribution < -0.4 is 10.6 Å². The van der Waals surface area contributed by atoms with Gasteiger partial charge in [0.1, 0.15) is 6.61 Å². The zero-order valence-corrected chi connectivity index (χ0v) is 14.3. The molecule has 1 aromatic carbocycles. The zero-order chi connectivity index (χ0) is 17.5. The van der Waals surface area contributed by atoms with Gasteiger partial charge in [-0.05, 0) is 31.4 Å². The van der Waals surface area contributed by atoms with E-state index in [1.54, 1.807) is 6.92 Å². The van der Waals surface area contributed by atoms with E-state index >= 15 is 0 Å². The summed E-state index contributed by atoms with van der Waals surface area (Å²) in [6, 6.07) is 6.99. The van der Waals surface area contributed by atoms with Gasteiger partial charge in [-0.3, -0.25) is 0 Å². The first-order chi connectivity index (χ1) is 11.6. The van der Waals surface area contributed by atoms with E-state index in [0.29, 0.717) is 24.5 Å². The summed E-state index contributed by atoms with van der Waals surface area (Å²) in [6.07, 6.45) is 0.931. The van der Waals surface area contributed by atoms with Gasteiger partial charge in [0, 0.05) is 12.3 Å². The number of ether oxygens (including phenoxy) is 2. The third-order valence-corrected chi connectivity index (χ3v) is 3.88. The lowest BCUT2D eigenvalue weighted by molar-refractivity contribution is -0.141. The number of amides is 2. The molecule has 1 atom stereocenters. The second-order valence-electron chi connectivity index (χ2n) is 5.50. The van der Waals surface area contributed by atoms with Crippen LogP contribution >= 0.6 is 0 Å². The number of hydrogen-bond donors (Lipinski definition) is 2. The summed E-state index contributed by atoms with van der Waals surface area (Å²) in [7, 11) is 0. The molecule has 2 N–H and O–H groups in total. The Morgan fingerprint density at radius 1 is 1.17 bits per heavy atom. The summed E-state index contributed by atoms with van der Waals surface area (Å²) < 4.78 is 10.4. The maximum absolute atomic E-state index is 12.5. The first kappa shape index (κ1) is 18.0. The number of benzene rings is 1. The van der Waals surface area contributed by atoms with E-state index in [-0.39, 0.29) is 12.6 Å². The molecule has 0 aromatic heterocycles. The summed E-state index contributed by atoms with van der Waals surface area (Å²) in [6.45, 7) is 6.76. The first-order valence-corrected chi connectivity index (χ1v) is 8.18. The highest BCUT2D eigenvalue weighted by Gasteiger charge is 2.32. The average Bonchev–Trinajstić information content (AvgIpc) is 2.58. The molecule has 0 saturated carbocycles. The summed E-state index contributed by atoms with van der Waals surface area (Å²) in [5.74, 6) is -0.454. The molecule has 6 heteroatoms. The van der Waals surface area contributed by atoms with Crippen LogP contribution in [0.5, 0.6) is 0 Å². The van der Waals surface area contributed by atoms with Crippen LogP contribution in [0.1, 0.15) is 37.9 Å². The van der Waals surface area contributed by atoms with Crippen molar-refractivity contribution in [2.75, 3.05) is 19.8 Å². The van der Waals surface area contributed by atoms with E-state index in [2.05, 4.69) is 17.6 Å². The van der Waals surface area contributed by atoms with Gasteiger partial charge in [-0.1, -0.05) is 31.2 Å².